The molecule has 6 nitrogen and oxygen atoms in total. The SMILES string of the molecule is N#[C][Fe-4]([C]#N)([C]#N)([C]#N)([C]#N)[C]#N.[Cu+2].[Cu+2]. The molecule has 0 saturated heterocycles. The first-order chi connectivity index (χ1) is 5.97. The van der Waals surface area contributed by atoms with Crippen molar-refractivity contribution < 1.29 is 44.9 Å². The van der Waals surface area contributed by atoms with Crippen LogP contribution in [0.1, 0.15) is 0 Å². The molecule has 0 saturated carbocycles. The molecule has 0 unspecified atom stereocenters. The summed E-state index contributed by atoms with van der Waals surface area (Å²) in [5.74, 6) is 0. The van der Waals surface area contributed by atoms with E-state index < -0.39 is 10.7 Å². The summed E-state index contributed by atoms with van der Waals surface area (Å²) < 4.78 is 0. The van der Waals surface area contributed by atoms with Gasteiger partial charge in [0.1, 0.15) is 0 Å². The molecule has 0 spiro atoms. The van der Waals surface area contributed by atoms with E-state index in [0.717, 1.165) is 29.8 Å². The predicted molar refractivity (Wildman–Crippen MR) is 33.7 cm³/mol. The first-order valence-electron chi connectivity index (χ1n) is 2.40. The van der Waals surface area contributed by atoms with Gasteiger partial charge >= 0.3 is 106 Å². The van der Waals surface area contributed by atoms with Gasteiger partial charge < -0.3 is 0 Å². The van der Waals surface area contributed by atoms with E-state index in [0.29, 0.717) is 0 Å². The molecule has 0 atom stereocenters. The summed E-state index contributed by atoms with van der Waals surface area (Å²) in [5, 5.41) is 51.5. The third kappa shape index (κ3) is 1.70. The van der Waals surface area contributed by atoms with Crippen LogP contribution >= 0.6 is 0 Å². The van der Waals surface area contributed by atoms with Crippen LogP contribution in [0.2, 0.25) is 0 Å². The van der Waals surface area contributed by atoms with Crippen LogP contribution in [0.5, 0.6) is 0 Å². The van der Waals surface area contributed by atoms with Crippen LogP contribution in [0, 0.1) is 61.4 Å². The van der Waals surface area contributed by atoms with Crippen molar-refractivity contribution in [3.8, 4) is 29.8 Å². The van der Waals surface area contributed by atoms with Gasteiger partial charge in [-0.05, 0) is 0 Å². The summed E-state index contributed by atoms with van der Waals surface area (Å²) >= 11 is 0. The van der Waals surface area contributed by atoms with Crippen LogP contribution in [0.25, 0.3) is 0 Å². The van der Waals surface area contributed by atoms with E-state index in [-0.39, 0.29) is 34.1 Å². The van der Waals surface area contributed by atoms with E-state index in [1.54, 1.807) is 0 Å². The summed E-state index contributed by atoms with van der Waals surface area (Å²) in [6.07, 6.45) is 0. The van der Waals surface area contributed by atoms with Gasteiger partial charge in [-0.15, -0.1) is 0 Å². The van der Waals surface area contributed by atoms with Gasteiger partial charge in [0.2, 0.25) is 0 Å². The number of hydrogen-bond acceptors (Lipinski definition) is 6. The molecule has 0 aliphatic heterocycles. The van der Waals surface area contributed by atoms with Gasteiger partial charge in [-0.3, -0.25) is 0 Å². The first kappa shape index (κ1) is 19.1. The summed E-state index contributed by atoms with van der Waals surface area (Å²) in [6.45, 7) is 0. The Balaban J connectivity index is -0.000000720. The van der Waals surface area contributed by atoms with Gasteiger partial charge in [0, 0.05) is 0 Å². The second kappa shape index (κ2) is 4.35. The van der Waals surface area contributed by atoms with Gasteiger partial charge in [-0.25, -0.2) is 0 Å². The molecule has 0 N–H and O–H groups in total. The molecule has 0 amide bonds. The van der Waals surface area contributed by atoms with Gasteiger partial charge in [0.15, 0.2) is 0 Å². The minimum atomic E-state index is -6.17. The Morgan fingerprint density at radius 2 is 0.600 bits per heavy atom. The average molecular weight is 339 g/mol. The third-order valence-corrected chi connectivity index (χ3v) is 4.89. The van der Waals surface area contributed by atoms with Crippen LogP contribution in [-0.2, 0) is 44.9 Å². The minimum absolute atomic E-state index is 0. The van der Waals surface area contributed by atoms with Crippen molar-refractivity contribution in [3.63, 3.8) is 0 Å². The molecule has 84 valence electrons. The largest absolute Gasteiger partial charge is 2.00 e. The van der Waals surface area contributed by atoms with Gasteiger partial charge in [-0.1, -0.05) is 0 Å². The second-order valence-corrected chi connectivity index (χ2v) is 7.42. The van der Waals surface area contributed by atoms with Crippen molar-refractivity contribution in [2.45, 2.75) is 0 Å². The van der Waals surface area contributed by atoms with E-state index in [4.69, 9.17) is 31.6 Å². The summed E-state index contributed by atoms with van der Waals surface area (Å²) in [7, 11) is -6.17. The quantitative estimate of drug-likeness (QED) is 0.572. The van der Waals surface area contributed by atoms with Crippen molar-refractivity contribution in [2.24, 2.45) is 0 Å². The Morgan fingerprint density at radius 3 is 0.600 bits per heavy atom. The fourth-order valence-electron chi connectivity index (χ4n) is 0.265. The smallest absolute Gasteiger partial charge is 2.00 e. The van der Waals surface area contributed by atoms with Crippen molar-refractivity contribution >= 4 is 0 Å². The van der Waals surface area contributed by atoms with Crippen LogP contribution in [0.4, 0.5) is 0 Å². The zero-order valence-corrected chi connectivity index (χ0v) is 9.63. The molecule has 0 fully saturated rings. The third-order valence-electron chi connectivity index (χ3n) is 1.19. The number of hydrogen-bond donors (Lipinski definition) is 0. The van der Waals surface area contributed by atoms with Crippen molar-refractivity contribution in [2.75, 3.05) is 0 Å². The Kier molecular flexibility index (Phi) is 5.54. The van der Waals surface area contributed by atoms with E-state index in [2.05, 4.69) is 0 Å². The standard InChI is InChI=1S/6CN.2Cu.Fe/c6*1-2;;;/q;;;;;;2*+2;-4. The molecule has 0 bridgehead atoms. The van der Waals surface area contributed by atoms with Crippen molar-refractivity contribution in [1.82, 2.24) is 0 Å². The predicted octanol–water partition coefficient (Wildman–Crippen LogP) is 0.0932. The molecule has 0 aromatic heterocycles. The Labute approximate surface area is 106 Å². The van der Waals surface area contributed by atoms with Crippen LogP contribution in [-0.4, -0.2) is 0 Å². The fourth-order valence-corrected chi connectivity index (χ4v) is 1.09. The van der Waals surface area contributed by atoms with Gasteiger partial charge in [0.25, 0.3) is 0 Å². The van der Waals surface area contributed by atoms with Crippen LogP contribution < -0.4 is 0 Å². The molecule has 0 aromatic rings. The molecule has 15 heavy (non-hydrogen) atoms. The van der Waals surface area contributed by atoms with Crippen molar-refractivity contribution in [1.29, 1.82) is 31.6 Å². The summed E-state index contributed by atoms with van der Waals surface area (Å²) in [6, 6.07) is 0. The zero-order chi connectivity index (χ0) is 10.7. The van der Waals surface area contributed by atoms with E-state index in [1.807, 2.05) is 0 Å². The number of nitrogens with zero attached hydrogens (tertiary/aromatic N) is 6. The molecule has 9 heteroatoms. The van der Waals surface area contributed by atoms with E-state index in [9.17, 15) is 0 Å². The van der Waals surface area contributed by atoms with Gasteiger partial charge in [0.05, 0.1) is 0 Å². The molecule has 0 aromatic carbocycles. The van der Waals surface area contributed by atoms with E-state index >= 15 is 0 Å². The molecule has 0 heterocycles. The normalized spacial score (nSPS) is 11.6. The molecule has 0 aliphatic carbocycles. The van der Waals surface area contributed by atoms with Crippen LogP contribution in [0.3, 0.4) is 0 Å². The monoisotopic (exact) mass is 338 g/mol. The average Bonchev–Trinajstić information content (AvgIpc) is 2.26. The second-order valence-electron chi connectivity index (χ2n) is 1.80. The first-order valence-corrected chi connectivity index (χ1v) is 5.71. The van der Waals surface area contributed by atoms with Crippen LogP contribution in [0.15, 0.2) is 0 Å². The Bertz CT molecular complexity index is 395. The molecule has 2 radical (unpaired) electrons. The van der Waals surface area contributed by atoms with Crippen molar-refractivity contribution in [3.05, 3.63) is 0 Å². The maximum atomic E-state index is 8.58. The molecule has 0 rings (SSSR count). The molecular formula is C6Cu2FeN6. The topological polar surface area (TPSA) is 143 Å². The Morgan fingerprint density at radius 1 is 0.467 bits per heavy atom. The number of rotatable bonds is 0. The molecule has 0 aliphatic rings. The maximum Gasteiger partial charge on any atom is 2.00 e. The molecular weight excluding hydrogens is 339 g/mol. The minimum Gasteiger partial charge on any atom is 2.00 e. The Hall–Kier alpha value is -1.50. The zero-order valence-electron chi connectivity index (χ0n) is 6.64. The summed E-state index contributed by atoms with van der Waals surface area (Å²) in [5.41, 5.74) is 0. The maximum absolute atomic E-state index is 8.58. The van der Waals surface area contributed by atoms with Gasteiger partial charge in [-0.2, -0.15) is 0 Å². The summed E-state index contributed by atoms with van der Waals surface area (Å²) in [4.78, 5) is 6.19. The fraction of sp³-hybridized carbons (Fsp3) is 0. The number of nitriles is 6. The van der Waals surface area contributed by atoms with E-state index in [1.165, 1.54) is 0 Å².